The molecule has 76 valence electrons. The van der Waals surface area contributed by atoms with Gasteiger partial charge in [0.15, 0.2) is 0 Å². The van der Waals surface area contributed by atoms with Crippen LogP contribution in [0.25, 0.3) is 0 Å². The molecule has 1 aromatic rings. The van der Waals surface area contributed by atoms with Gasteiger partial charge in [-0.2, -0.15) is 0 Å². The van der Waals surface area contributed by atoms with E-state index in [4.69, 9.17) is 6.42 Å². The summed E-state index contributed by atoms with van der Waals surface area (Å²) in [6.07, 6.45) is 5.12. The predicted molar refractivity (Wildman–Crippen MR) is 62.4 cm³/mol. The van der Waals surface area contributed by atoms with E-state index in [0.29, 0.717) is 6.54 Å². The fourth-order valence-electron chi connectivity index (χ4n) is 1.24. The van der Waals surface area contributed by atoms with Crippen molar-refractivity contribution in [3.05, 3.63) is 42.5 Å². The summed E-state index contributed by atoms with van der Waals surface area (Å²) in [4.78, 5) is 13.0. The molecule has 0 aliphatic rings. The molecule has 2 nitrogen and oxygen atoms in total. The summed E-state index contributed by atoms with van der Waals surface area (Å²) in [5.41, 5.74) is 1.69. The van der Waals surface area contributed by atoms with Crippen LogP contribution >= 0.6 is 0 Å². The van der Waals surface area contributed by atoms with Gasteiger partial charge in [-0.1, -0.05) is 30.4 Å². The van der Waals surface area contributed by atoms with Crippen molar-refractivity contribution in [2.75, 3.05) is 11.4 Å². The van der Waals surface area contributed by atoms with Crippen LogP contribution in [-0.2, 0) is 4.79 Å². The van der Waals surface area contributed by atoms with Gasteiger partial charge >= 0.3 is 5.91 Å². The summed E-state index contributed by atoms with van der Waals surface area (Å²) >= 11 is 0. The largest absolute Gasteiger partial charge is 0.302 e. The van der Waals surface area contributed by atoms with Gasteiger partial charge in [-0.05, 0) is 25.0 Å². The van der Waals surface area contributed by atoms with Crippen LogP contribution in [0.5, 0.6) is 0 Å². The summed E-state index contributed by atoms with van der Waals surface area (Å²) in [5, 5.41) is 0. The van der Waals surface area contributed by atoms with Crippen molar-refractivity contribution in [2.45, 2.75) is 6.92 Å². The summed E-state index contributed by atoms with van der Waals surface area (Å²) < 4.78 is 0. The Hall–Kier alpha value is -2.01. The number of para-hydroxylation sites is 1. The summed E-state index contributed by atoms with van der Waals surface area (Å²) in [5.74, 6) is 1.77. The Morgan fingerprint density at radius 3 is 2.53 bits per heavy atom. The zero-order chi connectivity index (χ0) is 11.3. The minimum absolute atomic E-state index is 0.343. The maximum Gasteiger partial charge on any atom is 0.302 e. The Morgan fingerprint density at radius 2 is 2.07 bits per heavy atom. The molecule has 0 radical (unpaired) electrons. The number of amides is 1. The average molecular weight is 199 g/mol. The highest BCUT2D eigenvalue weighted by molar-refractivity contribution is 6.05. The van der Waals surface area contributed by atoms with Crippen LogP contribution in [0.15, 0.2) is 42.5 Å². The molecule has 0 aromatic heterocycles. The van der Waals surface area contributed by atoms with Crippen molar-refractivity contribution in [3.63, 3.8) is 0 Å². The van der Waals surface area contributed by atoms with Gasteiger partial charge in [-0.15, -0.1) is 6.42 Å². The lowest BCUT2D eigenvalue weighted by Gasteiger charge is -2.20. The molecule has 2 heteroatoms. The van der Waals surface area contributed by atoms with Crippen molar-refractivity contribution in [3.8, 4) is 12.3 Å². The molecular weight excluding hydrogens is 186 g/mol. The van der Waals surface area contributed by atoms with E-state index >= 15 is 0 Å². The molecule has 1 rings (SSSR count). The highest BCUT2D eigenvalue weighted by Gasteiger charge is 2.12. The van der Waals surface area contributed by atoms with Gasteiger partial charge in [-0.3, -0.25) is 9.69 Å². The molecule has 1 amide bonds. The lowest BCUT2D eigenvalue weighted by Crippen LogP contribution is -2.30. The molecule has 1 aromatic carbocycles. The SMILES string of the molecule is C#CC(=O)N(CC(=C)C)c1ccccc1. The van der Waals surface area contributed by atoms with Crippen molar-refractivity contribution < 1.29 is 4.79 Å². The molecule has 0 aliphatic heterocycles. The Bertz CT molecular complexity index is 400. The molecule has 0 saturated carbocycles. The zero-order valence-corrected chi connectivity index (χ0v) is 8.73. The van der Waals surface area contributed by atoms with Crippen molar-refractivity contribution in [1.82, 2.24) is 0 Å². The van der Waals surface area contributed by atoms with Gasteiger partial charge < -0.3 is 0 Å². The number of hydrogen-bond donors (Lipinski definition) is 0. The first-order valence-corrected chi connectivity index (χ1v) is 4.62. The molecule has 0 heterocycles. The molecule has 0 atom stereocenters. The van der Waals surface area contributed by atoms with Gasteiger partial charge in [-0.25, -0.2) is 0 Å². The number of terminal acetylenes is 1. The molecule has 0 saturated heterocycles. The molecule has 0 N–H and O–H groups in total. The zero-order valence-electron chi connectivity index (χ0n) is 8.73. The van der Waals surface area contributed by atoms with Crippen LogP contribution in [0.3, 0.4) is 0 Å². The third-order valence-electron chi connectivity index (χ3n) is 1.86. The maximum absolute atomic E-state index is 11.5. The number of carbonyl (C=O) groups excluding carboxylic acids is 1. The minimum Gasteiger partial charge on any atom is -0.298 e. The predicted octanol–water partition coefficient (Wildman–Crippen LogP) is 2.23. The second-order valence-electron chi connectivity index (χ2n) is 3.33. The summed E-state index contributed by atoms with van der Waals surface area (Å²) in [6, 6.07) is 9.31. The maximum atomic E-state index is 11.5. The number of hydrogen-bond acceptors (Lipinski definition) is 1. The number of nitrogens with zero attached hydrogens (tertiary/aromatic N) is 1. The standard InChI is InChI=1S/C13H13NO/c1-4-13(15)14(10-11(2)3)12-8-6-5-7-9-12/h1,5-9H,2,10H2,3H3. The Kier molecular flexibility index (Phi) is 3.70. The first kappa shape index (κ1) is 11.1. The third-order valence-corrected chi connectivity index (χ3v) is 1.86. The first-order valence-electron chi connectivity index (χ1n) is 4.62. The molecule has 0 unspecified atom stereocenters. The lowest BCUT2D eigenvalue weighted by molar-refractivity contribution is -0.113. The highest BCUT2D eigenvalue weighted by atomic mass is 16.2. The van der Waals surface area contributed by atoms with Crippen molar-refractivity contribution in [2.24, 2.45) is 0 Å². The van der Waals surface area contributed by atoms with Gasteiger partial charge in [0.2, 0.25) is 0 Å². The van der Waals surface area contributed by atoms with Crippen molar-refractivity contribution in [1.29, 1.82) is 0 Å². The van der Waals surface area contributed by atoms with Gasteiger partial charge in [0, 0.05) is 12.2 Å². The van der Waals surface area contributed by atoms with Crippen molar-refractivity contribution >= 4 is 11.6 Å². The van der Waals surface area contributed by atoms with E-state index in [0.717, 1.165) is 11.3 Å². The van der Waals surface area contributed by atoms with Gasteiger partial charge in [0.05, 0.1) is 0 Å². The van der Waals surface area contributed by atoms with E-state index in [1.165, 1.54) is 4.90 Å². The van der Waals surface area contributed by atoms with Gasteiger partial charge in [0.25, 0.3) is 0 Å². The highest BCUT2D eigenvalue weighted by Crippen LogP contribution is 2.14. The lowest BCUT2D eigenvalue weighted by atomic mass is 10.2. The molecule has 0 aliphatic carbocycles. The summed E-state index contributed by atoms with van der Waals surface area (Å²) in [6.45, 7) is 6.09. The van der Waals surface area contributed by atoms with Gasteiger partial charge in [0.1, 0.15) is 0 Å². The van der Waals surface area contributed by atoms with Crippen LogP contribution in [-0.4, -0.2) is 12.5 Å². The van der Waals surface area contributed by atoms with E-state index in [1.54, 1.807) is 0 Å². The van der Waals surface area contributed by atoms with E-state index < -0.39 is 0 Å². The van der Waals surface area contributed by atoms with Crippen LogP contribution < -0.4 is 4.90 Å². The van der Waals surface area contributed by atoms with Crippen LogP contribution in [0.1, 0.15) is 6.92 Å². The Labute approximate surface area is 90.2 Å². The second kappa shape index (κ2) is 5.02. The Morgan fingerprint density at radius 1 is 1.47 bits per heavy atom. The molecule has 15 heavy (non-hydrogen) atoms. The monoisotopic (exact) mass is 199 g/mol. The smallest absolute Gasteiger partial charge is 0.298 e. The number of rotatable bonds is 3. The molecule has 0 spiro atoms. The van der Waals surface area contributed by atoms with E-state index in [1.807, 2.05) is 37.3 Å². The topological polar surface area (TPSA) is 20.3 Å². The normalized spacial score (nSPS) is 9.07. The van der Waals surface area contributed by atoms with Crippen LogP contribution in [0.2, 0.25) is 0 Å². The quantitative estimate of drug-likeness (QED) is 0.540. The third kappa shape index (κ3) is 2.99. The van der Waals surface area contributed by atoms with Crippen LogP contribution in [0, 0.1) is 12.3 Å². The molecule has 0 bridgehead atoms. The minimum atomic E-state index is -0.343. The summed E-state index contributed by atoms with van der Waals surface area (Å²) in [7, 11) is 0. The first-order chi connectivity index (χ1) is 7.15. The number of anilines is 1. The van der Waals surface area contributed by atoms with E-state index in [-0.39, 0.29) is 5.91 Å². The fourth-order valence-corrected chi connectivity index (χ4v) is 1.24. The fraction of sp³-hybridized carbons (Fsp3) is 0.154. The average Bonchev–Trinajstić information content (AvgIpc) is 2.26. The number of carbonyl (C=O) groups is 1. The van der Waals surface area contributed by atoms with E-state index in [2.05, 4.69) is 12.5 Å². The second-order valence-corrected chi connectivity index (χ2v) is 3.33. The number of benzene rings is 1. The Balaban J connectivity index is 2.97. The molecule has 0 fully saturated rings. The molecular formula is C13H13NO. The van der Waals surface area contributed by atoms with E-state index in [9.17, 15) is 4.79 Å². The van der Waals surface area contributed by atoms with Crippen LogP contribution in [0.4, 0.5) is 5.69 Å².